The van der Waals surface area contributed by atoms with Gasteiger partial charge in [-0.3, -0.25) is 0 Å². The van der Waals surface area contributed by atoms with Crippen molar-refractivity contribution in [3.63, 3.8) is 0 Å². The minimum absolute atomic E-state index is 0.182. The van der Waals surface area contributed by atoms with Gasteiger partial charge < -0.3 is 20.4 Å². The predicted molar refractivity (Wildman–Crippen MR) is 91.6 cm³/mol. The highest BCUT2D eigenvalue weighted by Gasteiger charge is 2.14. The summed E-state index contributed by atoms with van der Waals surface area (Å²) in [7, 11) is 0. The fraction of sp³-hybridized carbons (Fsp3) is 0.562. The van der Waals surface area contributed by atoms with Crippen molar-refractivity contribution in [2.45, 2.75) is 13.3 Å². The maximum atomic E-state index is 11.8. The van der Waals surface area contributed by atoms with Gasteiger partial charge >= 0.3 is 6.03 Å². The highest BCUT2D eigenvalue weighted by molar-refractivity contribution is 6.30. The standard InChI is InChI=1S/C16H25ClN4O/c1-2-20-9-11-21(12-10-20)8-4-7-18-16(22)19-15-6-3-5-14(17)13-15/h3,5-6,13H,2,4,7-12H2,1H3,(H2,18,19,22). The lowest BCUT2D eigenvalue weighted by molar-refractivity contribution is 0.136. The van der Waals surface area contributed by atoms with E-state index in [0.29, 0.717) is 17.3 Å². The predicted octanol–water partition coefficient (Wildman–Crippen LogP) is 2.49. The van der Waals surface area contributed by atoms with Gasteiger partial charge in [-0.2, -0.15) is 0 Å². The van der Waals surface area contributed by atoms with Crippen molar-refractivity contribution in [1.82, 2.24) is 15.1 Å². The van der Waals surface area contributed by atoms with Crippen LogP contribution in [0.25, 0.3) is 0 Å². The lowest BCUT2D eigenvalue weighted by Crippen LogP contribution is -2.46. The summed E-state index contributed by atoms with van der Waals surface area (Å²) in [5.41, 5.74) is 0.709. The molecular weight excluding hydrogens is 300 g/mol. The molecule has 1 heterocycles. The molecule has 22 heavy (non-hydrogen) atoms. The number of anilines is 1. The molecule has 0 aliphatic carbocycles. The van der Waals surface area contributed by atoms with Gasteiger partial charge in [0.2, 0.25) is 0 Å². The summed E-state index contributed by atoms with van der Waals surface area (Å²) in [4.78, 5) is 16.7. The molecule has 1 aliphatic rings. The number of carbonyl (C=O) groups excluding carboxylic acids is 1. The van der Waals surface area contributed by atoms with Crippen molar-refractivity contribution in [2.75, 3.05) is 51.1 Å². The van der Waals surface area contributed by atoms with Crippen molar-refractivity contribution in [1.29, 1.82) is 0 Å². The molecule has 0 bridgehead atoms. The Kier molecular flexibility index (Phi) is 6.96. The zero-order valence-electron chi connectivity index (χ0n) is 13.1. The van der Waals surface area contributed by atoms with Crippen LogP contribution in [0.5, 0.6) is 0 Å². The number of halogens is 1. The van der Waals surface area contributed by atoms with E-state index in [1.165, 1.54) is 0 Å². The summed E-state index contributed by atoms with van der Waals surface area (Å²) in [6.45, 7) is 9.62. The topological polar surface area (TPSA) is 47.6 Å². The molecule has 0 radical (unpaired) electrons. The molecule has 0 spiro atoms. The summed E-state index contributed by atoms with van der Waals surface area (Å²) in [5.74, 6) is 0. The number of carbonyl (C=O) groups is 1. The van der Waals surface area contributed by atoms with E-state index in [1.54, 1.807) is 12.1 Å². The molecule has 0 saturated carbocycles. The maximum absolute atomic E-state index is 11.8. The molecule has 6 heteroatoms. The van der Waals surface area contributed by atoms with Crippen LogP contribution in [0.3, 0.4) is 0 Å². The SMILES string of the molecule is CCN1CCN(CCCNC(=O)Nc2cccc(Cl)c2)CC1. The Labute approximate surface area is 137 Å². The van der Waals surface area contributed by atoms with Crippen molar-refractivity contribution in [2.24, 2.45) is 0 Å². The molecule has 1 aromatic carbocycles. The normalized spacial score (nSPS) is 16.5. The first-order chi connectivity index (χ1) is 10.7. The van der Waals surface area contributed by atoms with Crippen LogP contribution in [0, 0.1) is 0 Å². The third kappa shape index (κ3) is 5.83. The molecule has 1 aromatic rings. The van der Waals surface area contributed by atoms with Gasteiger partial charge in [0.05, 0.1) is 0 Å². The quantitative estimate of drug-likeness (QED) is 0.790. The monoisotopic (exact) mass is 324 g/mol. The maximum Gasteiger partial charge on any atom is 0.319 e. The van der Waals surface area contributed by atoms with E-state index in [-0.39, 0.29) is 6.03 Å². The van der Waals surface area contributed by atoms with Crippen molar-refractivity contribution in [3.8, 4) is 0 Å². The molecule has 1 saturated heterocycles. The van der Waals surface area contributed by atoms with Gasteiger partial charge in [0, 0.05) is 43.4 Å². The molecule has 5 nitrogen and oxygen atoms in total. The number of rotatable bonds is 6. The summed E-state index contributed by atoms with van der Waals surface area (Å²) < 4.78 is 0. The Morgan fingerprint density at radius 2 is 1.95 bits per heavy atom. The number of benzene rings is 1. The number of hydrogen-bond acceptors (Lipinski definition) is 3. The molecule has 2 N–H and O–H groups in total. The summed E-state index contributed by atoms with van der Waals surface area (Å²) in [6, 6.07) is 6.96. The van der Waals surface area contributed by atoms with E-state index in [4.69, 9.17) is 11.6 Å². The van der Waals surface area contributed by atoms with Gasteiger partial charge in [-0.05, 0) is 37.7 Å². The van der Waals surface area contributed by atoms with E-state index < -0.39 is 0 Å². The molecule has 2 amide bonds. The summed E-state index contributed by atoms with van der Waals surface area (Å²) in [6.07, 6.45) is 0.967. The van der Waals surface area contributed by atoms with E-state index in [2.05, 4.69) is 27.4 Å². The molecule has 2 rings (SSSR count). The van der Waals surface area contributed by atoms with Gasteiger partial charge in [0.15, 0.2) is 0 Å². The van der Waals surface area contributed by atoms with Gasteiger partial charge in [0.1, 0.15) is 0 Å². The minimum Gasteiger partial charge on any atom is -0.338 e. The van der Waals surface area contributed by atoms with Crippen molar-refractivity contribution >= 4 is 23.3 Å². The Bertz CT molecular complexity index is 475. The summed E-state index contributed by atoms with van der Waals surface area (Å²) in [5, 5.41) is 6.27. The second-order valence-electron chi connectivity index (χ2n) is 5.52. The first kappa shape index (κ1) is 17.1. The number of piperazine rings is 1. The van der Waals surface area contributed by atoms with E-state index >= 15 is 0 Å². The molecule has 0 atom stereocenters. The van der Waals surface area contributed by atoms with E-state index in [1.807, 2.05) is 12.1 Å². The van der Waals surface area contributed by atoms with Crippen LogP contribution >= 0.6 is 11.6 Å². The number of likely N-dealkylation sites (N-methyl/N-ethyl adjacent to an activating group) is 1. The second kappa shape index (κ2) is 8.98. The van der Waals surface area contributed by atoms with Crippen LogP contribution < -0.4 is 10.6 Å². The fourth-order valence-corrected chi connectivity index (χ4v) is 2.77. The third-order valence-corrected chi connectivity index (χ3v) is 4.17. The van der Waals surface area contributed by atoms with Crippen molar-refractivity contribution in [3.05, 3.63) is 29.3 Å². The average Bonchev–Trinajstić information content (AvgIpc) is 2.52. The van der Waals surface area contributed by atoms with Crippen molar-refractivity contribution < 1.29 is 4.79 Å². The molecule has 0 unspecified atom stereocenters. The van der Waals surface area contributed by atoms with Gasteiger partial charge in [-0.1, -0.05) is 24.6 Å². The molecule has 1 fully saturated rings. The smallest absolute Gasteiger partial charge is 0.319 e. The van der Waals surface area contributed by atoms with E-state index in [0.717, 1.165) is 45.7 Å². The number of urea groups is 1. The van der Waals surface area contributed by atoms with Crippen LogP contribution in [-0.4, -0.2) is 61.6 Å². The average molecular weight is 325 g/mol. The van der Waals surface area contributed by atoms with Crippen LogP contribution in [0.1, 0.15) is 13.3 Å². The Morgan fingerprint density at radius 3 is 2.64 bits per heavy atom. The molecular formula is C16H25ClN4O. The van der Waals surface area contributed by atoms with Crippen LogP contribution in [-0.2, 0) is 0 Å². The first-order valence-corrected chi connectivity index (χ1v) is 8.30. The minimum atomic E-state index is -0.182. The lowest BCUT2D eigenvalue weighted by atomic mass is 10.3. The molecule has 0 aromatic heterocycles. The number of nitrogens with one attached hydrogen (secondary N) is 2. The Morgan fingerprint density at radius 1 is 1.23 bits per heavy atom. The zero-order valence-corrected chi connectivity index (χ0v) is 13.9. The summed E-state index contributed by atoms with van der Waals surface area (Å²) >= 11 is 5.88. The Hall–Kier alpha value is -1.30. The lowest BCUT2D eigenvalue weighted by Gasteiger charge is -2.33. The number of hydrogen-bond donors (Lipinski definition) is 2. The highest BCUT2D eigenvalue weighted by Crippen LogP contribution is 2.14. The zero-order chi connectivity index (χ0) is 15.8. The molecule has 1 aliphatic heterocycles. The van der Waals surface area contributed by atoms with Gasteiger partial charge in [-0.25, -0.2) is 4.79 Å². The van der Waals surface area contributed by atoms with Crippen LogP contribution in [0.2, 0.25) is 5.02 Å². The van der Waals surface area contributed by atoms with E-state index in [9.17, 15) is 4.79 Å². The molecule has 122 valence electrons. The first-order valence-electron chi connectivity index (χ1n) is 7.92. The second-order valence-corrected chi connectivity index (χ2v) is 5.96. The number of nitrogens with zero attached hydrogens (tertiary/aromatic N) is 2. The van der Waals surface area contributed by atoms with Crippen LogP contribution in [0.15, 0.2) is 24.3 Å². The fourth-order valence-electron chi connectivity index (χ4n) is 2.58. The van der Waals surface area contributed by atoms with Gasteiger partial charge in [0.25, 0.3) is 0 Å². The highest BCUT2D eigenvalue weighted by atomic mass is 35.5. The van der Waals surface area contributed by atoms with Crippen LogP contribution in [0.4, 0.5) is 10.5 Å². The number of amides is 2. The third-order valence-electron chi connectivity index (χ3n) is 3.93. The Balaban J connectivity index is 1.58. The van der Waals surface area contributed by atoms with Gasteiger partial charge in [-0.15, -0.1) is 0 Å². The largest absolute Gasteiger partial charge is 0.338 e.